The largest absolute Gasteiger partial charge is 0.353 e. The van der Waals surface area contributed by atoms with Gasteiger partial charge in [0.2, 0.25) is 5.91 Å². The number of carbonyl (C=O) groups excluding carboxylic acids is 1. The predicted molar refractivity (Wildman–Crippen MR) is 113 cm³/mol. The average Bonchev–Trinajstić information content (AvgIpc) is 2.76. The molecule has 1 saturated heterocycles. The van der Waals surface area contributed by atoms with Gasteiger partial charge < -0.3 is 15.1 Å². The van der Waals surface area contributed by atoms with Crippen LogP contribution in [0.2, 0.25) is 0 Å². The molecule has 1 amide bonds. The van der Waals surface area contributed by atoms with Crippen molar-refractivity contribution in [2.24, 2.45) is 0 Å². The Morgan fingerprint density at radius 2 is 1.80 bits per heavy atom. The lowest BCUT2D eigenvalue weighted by Gasteiger charge is -2.35. The first-order chi connectivity index (χ1) is 14.6. The van der Waals surface area contributed by atoms with E-state index in [1.54, 1.807) is 29.3 Å². The Kier molecular flexibility index (Phi) is 5.83. The number of hydrogen-bond donors (Lipinski definition) is 1. The van der Waals surface area contributed by atoms with Crippen LogP contribution in [0, 0.1) is 12.7 Å². The Bertz CT molecular complexity index is 1040. The number of aryl methyl sites for hydroxylation is 1. The summed E-state index contributed by atoms with van der Waals surface area (Å²) in [6.45, 7) is 4.45. The molecule has 7 nitrogen and oxygen atoms in total. The number of pyridine rings is 1. The maximum absolute atomic E-state index is 13.8. The Morgan fingerprint density at radius 1 is 1.03 bits per heavy atom. The Hall–Kier alpha value is -3.55. The second kappa shape index (κ2) is 8.86. The van der Waals surface area contributed by atoms with Crippen molar-refractivity contribution in [1.82, 2.24) is 19.9 Å². The van der Waals surface area contributed by atoms with Gasteiger partial charge in [0, 0.05) is 38.4 Å². The SMILES string of the molecule is Cc1ccnc(Nc2cc(N3CCN(C(=O)Cc4ccccc4F)CC3)ncn2)c1. The molecule has 0 saturated carbocycles. The lowest BCUT2D eigenvalue weighted by atomic mass is 10.1. The monoisotopic (exact) mass is 406 g/mol. The number of anilines is 3. The number of amides is 1. The molecule has 3 heterocycles. The topological polar surface area (TPSA) is 74.2 Å². The lowest BCUT2D eigenvalue weighted by Crippen LogP contribution is -2.49. The minimum atomic E-state index is -0.339. The highest BCUT2D eigenvalue weighted by Gasteiger charge is 2.23. The summed E-state index contributed by atoms with van der Waals surface area (Å²) in [5.74, 6) is 1.78. The van der Waals surface area contributed by atoms with Crippen LogP contribution in [-0.4, -0.2) is 51.9 Å². The van der Waals surface area contributed by atoms with E-state index in [0.29, 0.717) is 37.6 Å². The number of piperazine rings is 1. The average molecular weight is 406 g/mol. The number of halogens is 1. The van der Waals surface area contributed by atoms with Gasteiger partial charge in [0.25, 0.3) is 0 Å². The van der Waals surface area contributed by atoms with E-state index < -0.39 is 0 Å². The molecule has 4 rings (SSSR count). The van der Waals surface area contributed by atoms with Crippen LogP contribution >= 0.6 is 0 Å². The van der Waals surface area contributed by atoms with Crippen molar-refractivity contribution >= 4 is 23.4 Å². The third-order valence-electron chi connectivity index (χ3n) is 5.08. The molecule has 2 aromatic heterocycles. The highest BCUT2D eigenvalue weighted by molar-refractivity contribution is 5.79. The maximum Gasteiger partial charge on any atom is 0.227 e. The quantitative estimate of drug-likeness (QED) is 0.702. The summed E-state index contributed by atoms with van der Waals surface area (Å²) < 4.78 is 13.8. The van der Waals surface area contributed by atoms with E-state index in [4.69, 9.17) is 0 Å². The standard InChI is InChI=1S/C22H23FN6O/c1-16-6-7-24-19(12-16)27-20-14-21(26-15-25-20)28-8-10-29(11-9-28)22(30)13-17-4-2-3-5-18(17)23/h2-7,12,14-15H,8-11,13H2,1H3,(H,24,25,26,27). The molecule has 0 radical (unpaired) electrons. The molecule has 1 fully saturated rings. The summed E-state index contributed by atoms with van der Waals surface area (Å²) in [7, 11) is 0. The normalized spacial score (nSPS) is 13.9. The van der Waals surface area contributed by atoms with Crippen molar-refractivity contribution in [3.8, 4) is 0 Å². The fraction of sp³-hybridized carbons (Fsp3) is 0.273. The summed E-state index contributed by atoms with van der Waals surface area (Å²) in [5.41, 5.74) is 1.54. The van der Waals surface area contributed by atoms with Crippen molar-refractivity contribution < 1.29 is 9.18 Å². The molecule has 1 N–H and O–H groups in total. The van der Waals surface area contributed by atoms with Gasteiger partial charge in [-0.15, -0.1) is 0 Å². The van der Waals surface area contributed by atoms with Crippen molar-refractivity contribution in [3.63, 3.8) is 0 Å². The van der Waals surface area contributed by atoms with Gasteiger partial charge in [0.1, 0.15) is 29.6 Å². The molecule has 3 aromatic rings. The smallest absolute Gasteiger partial charge is 0.227 e. The van der Waals surface area contributed by atoms with E-state index in [1.165, 1.54) is 12.4 Å². The van der Waals surface area contributed by atoms with Crippen LogP contribution in [0.4, 0.5) is 21.8 Å². The molecule has 1 aliphatic heterocycles. The van der Waals surface area contributed by atoms with Gasteiger partial charge in [-0.2, -0.15) is 0 Å². The van der Waals surface area contributed by atoms with Crippen LogP contribution in [0.1, 0.15) is 11.1 Å². The van der Waals surface area contributed by atoms with Gasteiger partial charge in [-0.25, -0.2) is 19.3 Å². The fourth-order valence-corrected chi connectivity index (χ4v) is 3.43. The molecule has 1 aliphatic rings. The third-order valence-corrected chi connectivity index (χ3v) is 5.08. The molecule has 0 unspecified atom stereocenters. The number of nitrogens with zero attached hydrogens (tertiary/aromatic N) is 5. The second-order valence-corrected chi connectivity index (χ2v) is 7.24. The van der Waals surface area contributed by atoms with E-state index in [-0.39, 0.29) is 18.1 Å². The molecule has 0 aliphatic carbocycles. The molecule has 1 aromatic carbocycles. The first kappa shape index (κ1) is 19.8. The first-order valence-corrected chi connectivity index (χ1v) is 9.86. The van der Waals surface area contributed by atoms with Crippen LogP contribution in [-0.2, 0) is 11.2 Å². The van der Waals surface area contributed by atoms with Crippen LogP contribution in [0.5, 0.6) is 0 Å². The van der Waals surface area contributed by atoms with Gasteiger partial charge in [0.15, 0.2) is 0 Å². The van der Waals surface area contributed by atoms with Crippen molar-refractivity contribution in [1.29, 1.82) is 0 Å². The first-order valence-electron chi connectivity index (χ1n) is 9.86. The lowest BCUT2D eigenvalue weighted by molar-refractivity contribution is -0.130. The highest BCUT2D eigenvalue weighted by atomic mass is 19.1. The van der Waals surface area contributed by atoms with Crippen LogP contribution in [0.25, 0.3) is 0 Å². The van der Waals surface area contributed by atoms with E-state index in [0.717, 1.165) is 17.2 Å². The maximum atomic E-state index is 13.8. The molecule has 154 valence electrons. The van der Waals surface area contributed by atoms with Gasteiger partial charge in [0.05, 0.1) is 6.42 Å². The number of benzene rings is 1. The van der Waals surface area contributed by atoms with Crippen LogP contribution < -0.4 is 10.2 Å². The molecular formula is C22H23FN6O. The van der Waals surface area contributed by atoms with Crippen molar-refractivity contribution in [3.05, 3.63) is 71.9 Å². The molecule has 0 bridgehead atoms. The highest BCUT2D eigenvalue weighted by Crippen LogP contribution is 2.19. The molecule has 0 spiro atoms. The zero-order valence-corrected chi connectivity index (χ0v) is 16.8. The summed E-state index contributed by atoms with van der Waals surface area (Å²) >= 11 is 0. The molecular weight excluding hydrogens is 383 g/mol. The van der Waals surface area contributed by atoms with Crippen molar-refractivity contribution in [2.75, 3.05) is 36.4 Å². The van der Waals surface area contributed by atoms with Gasteiger partial charge in [-0.3, -0.25) is 4.79 Å². The van der Waals surface area contributed by atoms with Crippen molar-refractivity contribution in [2.45, 2.75) is 13.3 Å². The fourth-order valence-electron chi connectivity index (χ4n) is 3.43. The molecule has 0 atom stereocenters. The van der Waals surface area contributed by atoms with E-state index in [2.05, 4.69) is 25.2 Å². The Balaban J connectivity index is 1.36. The van der Waals surface area contributed by atoms with Gasteiger partial charge in [-0.05, 0) is 36.2 Å². The zero-order chi connectivity index (χ0) is 20.9. The summed E-state index contributed by atoms with van der Waals surface area (Å²) in [5, 5.41) is 3.19. The Morgan fingerprint density at radius 3 is 2.57 bits per heavy atom. The second-order valence-electron chi connectivity index (χ2n) is 7.24. The zero-order valence-electron chi connectivity index (χ0n) is 16.8. The number of hydrogen-bond acceptors (Lipinski definition) is 6. The number of nitrogens with one attached hydrogen (secondary N) is 1. The van der Waals surface area contributed by atoms with E-state index in [9.17, 15) is 9.18 Å². The van der Waals surface area contributed by atoms with Crippen LogP contribution in [0.3, 0.4) is 0 Å². The number of aromatic nitrogens is 3. The third kappa shape index (κ3) is 4.71. The van der Waals surface area contributed by atoms with Crippen LogP contribution in [0.15, 0.2) is 55.0 Å². The van der Waals surface area contributed by atoms with E-state index >= 15 is 0 Å². The van der Waals surface area contributed by atoms with E-state index in [1.807, 2.05) is 25.1 Å². The molecule has 30 heavy (non-hydrogen) atoms. The van der Waals surface area contributed by atoms with Gasteiger partial charge in [-0.1, -0.05) is 18.2 Å². The predicted octanol–water partition coefficient (Wildman–Crippen LogP) is 2.95. The summed E-state index contributed by atoms with van der Waals surface area (Å²) in [4.78, 5) is 29.4. The summed E-state index contributed by atoms with van der Waals surface area (Å²) in [6, 6.07) is 12.2. The summed E-state index contributed by atoms with van der Waals surface area (Å²) in [6.07, 6.45) is 3.35. The van der Waals surface area contributed by atoms with Gasteiger partial charge >= 0.3 is 0 Å². The minimum absolute atomic E-state index is 0.0599. The number of rotatable bonds is 5. The Labute approximate surface area is 174 Å². The minimum Gasteiger partial charge on any atom is -0.353 e. The number of carbonyl (C=O) groups is 1. The molecule has 8 heteroatoms.